The molecule has 1 aromatic heterocycles. The molecule has 1 aliphatic rings. The third kappa shape index (κ3) is 2.23. The predicted molar refractivity (Wildman–Crippen MR) is 66.4 cm³/mol. The fourth-order valence-electron chi connectivity index (χ4n) is 1.62. The smallest absolute Gasteiger partial charge is 0.228 e. The van der Waals surface area contributed by atoms with Crippen molar-refractivity contribution < 1.29 is 4.79 Å². The number of carbonyl (C=O) groups is 1. The number of nitrogens with zero attached hydrogens (tertiary/aromatic N) is 2. The van der Waals surface area contributed by atoms with Gasteiger partial charge in [0.1, 0.15) is 4.60 Å². The highest BCUT2D eigenvalue weighted by molar-refractivity contribution is 9.10. The first kappa shape index (κ1) is 11.1. The van der Waals surface area contributed by atoms with E-state index in [1.807, 2.05) is 19.1 Å². The van der Waals surface area contributed by atoms with Crippen LogP contribution in [0.5, 0.6) is 0 Å². The number of rotatable bonds is 1. The lowest BCUT2D eigenvalue weighted by atomic mass is 10.3. The molecule has 0 aromatic carbocycles. The number of hydrogen-bond acceptors (Lipinski definition) is 2. The van der Waals surface area contributed by atoms with Crippen LogP contribution in [-0.2, 0) is 4.79 Å². The number of anilines is 1. The van der Waals surface area contributed by atoms with Gasteiger partial charge in [0.15, 0.2) is 0 Å². The Morgan fingerprint density at radius 3 is 2.80 bits per heavy atom. The number of carbonyl (C=O) groups excluding carboxylic acids is 1. The summed E-state index contributed by atoms with van der Waals surface area (Å²) < 4.78 is 0.734. The van der Waals surface area contributed by atoms with Crippen molar-refractivity contribution in [2.24, 2.45) is 0 Å². The summed E-state index contributed by atoms with van der Waals surface area (Å²) in [5, 5.41) is 0. The fraction of sp³-hybridized carbons (Fsp3) is 0.400. The van der Waals surface area contributed by atoms with Crippen LogP contribution in [0.15, 0.2) is 16.7 Å². The van der Waals surface area contributed by atoms with Gasteiger partial charge in [0.25, 0.3) is 0 Å². The van der Waals surface area contributed by atoms with Gasteiger partial charge in [-0.3, -0.25) is 4.79 Å². The van der Waals surface area contributed by atoms with Gasteiger partial charge >= 0.3 is 0 Å². The van der Waals surface area contributed by atoms with Gasteiger partial charge in [-0.1, -0.05) is 15.9 Å². The van der Waals surface area contributed by atoms with Crippen LogP contribution in [0.2, 0.25) is 0 Å². The molecule has 0 spiro atoms. The van der Waals surface area contributed by atoms with Crippen LogP contribution in [0.1, 0.15) is 12.1 Å². The topological polar surface area (TPSA) is 33.2 Å². The maximum absolute atomic E-state index is 11.7. The molecule has 1 amide bonds. The Bertz CT molecular complexity index is 408. The third-order valence-corrected chi connectivity index (χ3v) is 3.53. The highest BCUT2D eigenvalue weighted by Crippen LogP contribution is 2.30. The Morgan fingerprint density at radius 2 is 2.27 bits per heavy atom. The second kappa shape index (κ2) is 4.22. The Morgan fingerprint density at radius 1 is 1.53 bits per heavy atom. The van der Waals surface area contributed by atoms with E-state index in [0.717, 1.165) is 16.0 Å². The minimum Gasteiger partial charge on any atom is -0.309 e. The van der Waals surface area contributed by atoms with Crippen molar-refractivity contribution >= 4 is 43.5 Å². The number of aromatic nitrogens is 1. The summed E-state index contributed by atoms with van der Waals surface area (Å²) in [4.78, 5) is 18.0. The summed E-state index contributed by atoms with van der Waals surface area (Å²) in [7, 11) is 0. The van der Waals surface area contributed by atoms with Gasteiger partial charge in [0.2, 0.25) is 5.91 Å². The monoisotopic (exact) mass is 332 g/mol. The zero-order valence-corrected chi connectivity index (χ0v) is 11.4. The van der Waals surface area contributed by atoms with E-state index in [4.69, 9.17) is 0 Å². The molecule has 1 fully saturated rings. The molecule has 2 heterocycles. The van der Waals surface area contributed by atoms with E-state index in [9.17, 15) is 4.79 Å². The maximum atomic E-state index is 11.7. The molecule has 1 unspecified atom stereocenters. The maximum Gasteiger partial charge on any atom is 0.228 e. The Labute approximate surface area is 105 Å². The molecule has 5 heteroatoms. The van der Waals surface area contributed by atoms with E-state index in [0.29, 0.717) is 13.0 Å². The molecule has 15 heavy (non-hydrogen) atoms. The largest absolute Gasteiger partial charge is 0.309 e. The van der Waals surface area contributed by atoms with Crippen LogP contribution in [-0.4, -0.2) is 22.3 Å². The minimum atomic E-state index is 0.142. The number of hydrogen-bond donors (Lipinski definition) is 0. The first-order chi connectivity index (χ1) is 7.08. The Kier molecular flexibility index (Phi) is 3.11. The summed E-state index contributed by atoms with van der Waals surface area (Å²) in [6, 6.07) is 3.84. The van der Waals surface area contributed by atoms with Crippen molar-refractivity contribution in [3.05, 3.63) is 22.4 Å². The summed E-state index contributed by atoms with van der Waals surface area (Å²) in [6.45, 7) is 2.63. The average molecular weight is 334 g/mol. The molecular formula is C10H10Br2N2O. The number of amides is 1. The molecule has 0 radical (unpaired) electrons. The molecule has 80 valence electrons. The van der Waals surface area contributed by atoms with Gasteiger partial charge in [-0.2, -0.15) is 0 Å². The standard InChI is InChI=1S/C10H10Br2N2O/c1-6-2-3-8(10(12)13-6)14-5-7(11)4-9(14)15/h2-3,7H,4-5H2,1H3. The van der Waals surface area contributed by atoms with E-state index in [2.05, 4.69) is 36.8 Å². The van der Waals surface area contributed by atoms with E-state index >= 15 is 0 Å². The predicted octanol–water partition coefficient (Wildman–Crippen LogP) is 2.65. The second-order valence-corrected chi connectivity index (χ2v) is 5.61. The lowest BCUT2D eigenvalue weighted by Gasteiger charge is -2.17. The number of alkyl halides is 1. The van der Waals surface area contributed by atoms with Gasteiger partial charge in [0.05, 0.1) is 5.69 Å². The van der Waals surface area contributed by atoms with Gasteiger partial charge in [-0.25, -0.2) is 4.98 Å². The fourth-order valence-corrected chi connectivity index (χ4v) is 2.81. The minimum absolute atomic E-state index is 0.142. The first-order valence-electron chi connectivity index (χ1n) is 4.65. The summed E-state index contributed by atoms with van der Waals surface area (Å²) >= 11 is 6.84. The van der Waals surface area contributed by atoms with Crippen molar-refractivity contribution in [3.63, 3.8) is 0 Å². The van der Waals surface area contributed by atoms with Crippen LogP contribution >= 0.6 is 31.9 Å². The van der Waals surface area contributed by atoms with Gasteiger partial charge in [0, 0.05) is 23.5 Å². The zero-order chi connectivity index (χ0) is 11.0. The third-order valence-electron chi connectivity index (χ3n) is 2.34. The number of pyridine rings is 1. The Hall–Kier alpha value is -0.420. The van der Waals surface area contributed by atoms with E-state index in [1.54, 1.807) is 4.90 Å². The highest BCUT2D eigenvalue weighted by Gasteiger charge is 2.30. The van der Waals surface area contributed by atoms with Crippen molar-refractivity contribution in [2.45, 2.75) is 18.2 Å². The van der Waals surface area contributed by atoms with Crippen LogP contribution in [0.4, 0.5) is 5.69 Å². The molecule has 0 aliphatic carbocycles. The highest BCUT2D eigenvalue weighted by atomic mass is 79.9. The lowest BCUT2D eigenvalue weighted by Crippen LogP contribution is -2.25. The number of halogens is 2. The van der Waals surface area contributed by atoms with Crippen molar-refractivity contribution in [1.29, 1.82) is 0 Å². The molecule has 2 rings (SSSR count). The molecule has 3 nitrogen and oxygen atoms in total. The van der Waals surface area contributed by atoms with Crippen molar-refractivity contribution in [2.75, 3.05) is 11.4 Å². The van der Waals surface area contributed by atoms with Gasteiger partial charge in [-0.15, -0.1) is 0 Å². The van der Waals surface area contributed by atoms with Crippen LogP contribution in [0, 0.1) is 6.92 Å². The molecule has 0 bridgehead atoms. The van der Waals surface area contributed by atoms with Crippen LogP contribution < -0.4 is 4.90 Å². The van der Waals surface area contributed by atoms with Gasteiger partial charge < -0.3 is 4.90 Å². The molecule has 1 aromatic rings. The summed E-state index contributed by atoms with van der Waals surface area (Å²) in [6.07, 6.45) is 0.556. The van der Waals surface area contributed by atoms with Crippen molar-refractivity contribution in [3.8, 4) is 0 Å². The normalized spacial score (nSPS) is 21.1. The molecule has 0 saturated carbocycles. The summed E-state index contributed by atoms with van der Waals surface area (Å²) in [5.41, 5.74) is 1.79. The van der Waals surface area contributed by atoms with E-state index < -0.39 is 0 Å². The Balaban J connectivity index is 2.34. The molecule has 1 aliphatic heterocycles. The van der Waals surface area contributed by atoms with Crippen LogP contribution in [0.3, 0.4) is 0 Å². The molecule has 1 saturated heterocycles. The molecule has 1 atom stereocenters. The van der Waals surface area contributed by atoms with E-state index in [-0.39, 0.29) is 10.7 Å². The number of aryl methyl sites for hydroxylation is 1. The molecule has 0 N–H and O–H groups in total. The quantitative estimate of drug-likeness (QED) is 0.584. The zero-order valence-electron chi connectivity index (χ0n) is 8.20. The van der Waals surface area contributed by atoms with E-state index in [1.165, 1.54) is 0 Å². The second-order valence-electron chi connectivity index (χ2n) is 3.57. The SMILES string of the molecule is Cc1ccc(N2CC(Br)CC2=O)c(Br)n1. The van der Waals surface area contributed by atoms with Crippen molar-refractivity contribution in [1.82, 2.24) is 4.98 Å². The first-order valence-corrected chi connectivity index (χ1v) is 6.36. The summed E-state index contributed by atoms with van der Waals surface area (Å²) in [5.74, 6) is 0.142. The molecular weight excluding hydrogens is 324 g/mol. The van der Waals surface area contributed by atoms with Gasteiger partial charge in [-0.05, 0) is 35.0 Å². The average Bonchev–Trinajstić information content (AvgIpc) is 2.45. The van der Waals surface area contributed by atoms with Crippen LogP contribution in [0.25, 0.3) is 0 Å². The lowest BCUT2D eigenvalue weighted by molar-refractivity contribution is -0.117.